The monoisotopic (exact) mass is 415 g/mol. The smallest absolute Gasteiger partial charge is 0.166 e. The van der Waals surface area contributed by atoms with Crippen molar-refractivity contribution in [3.8, 4) is 22.5 Å². The zero-order valence-electron chi connectivity index (χ0n) is 14.4. The molecule has 0 aliphatic rings. The van der Waals surface area contributed by atoms with E-state index in [0.717, 1.165) is 33.4 Å². The fourth-order valence-corrected chi connectivity index (χ4v) is 3.50. The zero-order chi connectivity index (χ0) is 16.9. The highest BCUT2D eigenvalue weighted by Gasteiger charge is 2.14. The first-order chi connectivity index (χ1) is 12.4. The van der Waals surface area contributed by atoms with Gasteiger partial charge in [-0.2, -0.15) is 0 Å². The number of nitrogens with one attached hydrogen (secondary N) is 1. The van der Waals surface area contributed by atoms with Crippen molar-refractivity contribution in [2.75, 3.05) is 0 Å². The van der Waals surface area contributed by atoms with Crippen LogP contribution in [0.3, 0.4) is 0 Å². The van der Waals surface area contributed by atoms with Crippen molar-refractivity contribution in [3.63, 3.8) is 0 Å². The van der Waals surface area contributed by atoms with Gasteiger partial charge in [0.1, 0.15) is 0 Å². The molecule has 2 aromatic heterocycles. The quantitative estimate of drug-likeness (QED) is 0.390. The molecule has 0 spiro atoms. The molecular formula is C21H19Cl2N3S. The minimum atomic E-state index is 0. The maximum atomic E-state index is 4.86. The van der Waals surface area contributed by atoms with Crippen LogP contribution in [0.2, 0.25) is 0 Å². The highest BCUT2D eigenvalue weighted by atomic mass is 35.5. The lowest BCUT2D eigenvalue weighted by atomic mass is 10.1. The molecular weight excluding hydrogens is 397 g/mol. The summed E-state index contributed by atoms with van der Waals surface area (Å²) < 4.78 is 0. The van der Waals surface area contributed by atoms with Crippen LogP contribution < -0.4 is 0 Å². The van der Waals surface area contributed by atoms with Crippen LogP contribution in [0.15, 0.2) is 90.3 Å². The second-order valence-corrected chi connectivity index (χ2v) is 6.61. The molecule has 3 nitrogen and oxygen atoms in total. The highest BCUT2D eigenvalue weighted by molar-refractivity contribution is 7.98. The van der Waals surface area contributed by atoms with Crippen LogP contribution in [-0.4, -0.2) is 15.0 Å². The van der Waals surface area contributed by atoms with Crippen LogP contribution in [0.5, 0.6) is 0 Å². The van der Waals surface area contributed by atoms with E-state index >= 15 is 0 Å². The third-order valence-corrected chi connectivity index (χ3v) is 4.86. The van der Waals surface area contributed by atoms with Crippen LogP contribution in [0, 0.1) is 0 Å². The van der Waals surface area contributed by atoms with Crippen molar-refractivity contribution in [2.45, 2.75) is 10.9 Å². The number of hydrogen-bond acceptors (Lipinski definition) is 3. The molecule has 4 aromatic rings. The van der Waals surface area contributed by atoms with Gasteiger partial charge in [-0.25, -0.2) is 4.98 Å². The van der Waals surface area contributed by atoms with E-state index in [4.69, 9.17) is 4.98 Å². The molecule has 0 aliphatic heterocycles. The molecule has 0 amide bonds. The molecule has 2 aromatic carbocycles. The van der Waals surface area contributed by atoms with E-state index < -0.39 is 0 Å². The number of rotatable bonds is 5. The van der Waals surface area contributed by atoms with Gasteiger partial charge in [-0.15, -0.1) is 24.8 Å². The van der Waals surface area contributed by atoms with E-state index in [2.05, 4.69) is 46.4 Å². The number of aromatic amines is 1. The molecule has 0 bridgehead atoms. The Morgan fingerprint density at radius 3 is 1.96 bits per heavy atom. The molecule has 2 heterocycles. The Kier molecular flexibility index (Phi) is 7.92. The molecule has 138 valence electrons. The topological polar surface area (TPSA) is 41.6 Å². The minimum Gasteiger partial charge on any atom is -0.332 e. The largest absolute Gasteiger partial charge is 0.332 e. The molecule has 0 aliphatic carbocycles. The van der Waals surface area contributed by atoms with Gasteiger partial charge in [-0.1, -0.05) is 72.4 Å². The van der Waals surface area contributed by atoms with Crippen LogP contribution in [-0.2, 0) is 5.75 Å². The van der Waals surface area contributed by atoms with Crippen molar-refractivity contribution < 1.29 is 0 Å². The van der Waals surface area contributed by atoms with Gasteiger partial charge in [0.2, 0.25) is 0 Å². The van der Waals surface area contributed by atoms with E-state index in [9.17, 15) is 0 Å². The molecule has 0 atom stereocenters. The van der Waals surface area contributed by atoms with Crippen molar-refractivity contribution >= 4 is 36.6 Å². The number of hydrogen-bond donors (Lipinski definition) is 1. The summed E-state index contributed by atoms with van der Waals surface area (Å²) >= 11 is 1.70. The number of pyridine rings is 1. The summed E-state index contributed by atoms with van der Waals surface area (Å²) in [6.45, 7) is 0. The van der Waals surface area contributed by atoms with Gasteiger partial charge >= 0.3 is 0 Å². The average molecular weight is 416 g/mol. The summed E-state index contributed by atoms with van der Waals surface area (Å²) in [5, 5.41) is 0.925. The molecule has 0 radical (unpaired) electrons. The van der Waals surface area contributed by atoms with E-state index in [0.29, 0.717) is 0 Å². The molecule has 0 unspecified atom stereocenters. The van der Waals surface area contributed by atoms with E-state index in [1.807, 2.05) is 48.8 Å². The van der Waals surface area contributed by atoms with Crippen LogP contribution in [0.1, 0.15) is 5.56 Å². The fourth-order valence-electron chi connectivity index (χ4n) is 2.67. The predicted octanol–water partition coefficient (Wildman–Crippen LogP) is 6.27. The second-order valence-electron chi connectivity index (χ2n) is 5.64. The first-order valence-corrected chi connectivity index (χ1v) is 9.11. The number of aromatic nitrogens is 3. The SMILES string of the molecule is Cl.Cl.c1ccc(-c2nc(SCc3ccncc3)[nH]c2-c2ccccc2)cc1. The minimum absolute atomic E-state index is 0. The van der Waals surface area contributed by atoms with Gasteiger partial charge in [-0.3, -0.25) is 4.98 Å². The number of halogens is 2. The van der Waals surface area contributed by atoms with Crippen LogP contribution in [0.4, 0.5) is 0 Å². The van der Waals surface area contributed by atoms with Gasteiger partial charge in [0.05, 0.1) is 11.4 Å². The van der Waals surface area contributed by atoms with Gasteiger partial charge in [0, 0.05) is 29.3 Å². The lowest BCUT2D eigenvalue weighted by Gasteiger charge is -2.02. The van der Waals surface area contributed by atoms with E-state index in [1.54, 1.807) is 11.8 Å². The summed E-state index contributed by atoms with van der Waals surface area (Å²) in [5.74, 6) is 0.860. The molecule has 4 rings (SSSR count). The molecule has 1 N–H and O–H groups in total. The number of H-pyrrole nitrogens is 1. The predicted molar refractivity (Wildman–Crippen MR) is 118 cm³/mol. The Labute approximate surface area is 175 Å². The Morgan fingerprint density at radius 2 is 1.33 bits per heavy atom. The van der Waals surface area contributed by atoms with Gasteiger partial charge in [0.25, 0.3) is 0 Å². The van der Waals surface area contributed by atoms with Crippen molar-refractivity contribution in [1.29, 1.82) is 0 Å². The number of nitrogens with zero attached hydrogens (tertiary/aromatic N) is 2. The Hall–Kier alpha value is -2.27. The summed E-state index contributed by atoms with van der Waals surface area (Å²) in [5.41, 5.74) is 5.55. The van der Waals surface area contributed by atoms with E-state index in [-0.39, 0.29) is 24.8 Å². The molecule has 27 heavy (non-hydrogen) atoms. The van der Waals surface area contributed by atoms with Gasteiger partial charge in [0.15, 0.2) is 5.16 Å². The Bertz CT molecular complexity index is 888. The lowest BCUT2D eigenvalue weighted by molar-refractivity contribution is 1.06. The van der Waals surface area contributed by atoms with Crippen molar-refractivity contribution in [3.05, 3.63) is 90.8 Å². The summed E-state index contributed by atoms with van der Waals surface area (Å²) in [7, 11) is 0. The first kappa shape index (κ1) is 21.0. The molecule has 0 saturated heterocycles. The highest BCUT2D eigenvalue weighted by Crippen LogP contribution is 2.33. The first-order valence-electron chi connectivity index (χ1n) is 8.13. The number of thioether (sulfide) groups is 1. The van der Waals surface area contributed by atoms with Gasteiger partial charge in [-0.05, 0) is 17.7 Å². The number of benzene rings is 2. The molecule has 6 heteroatoms. The Morgan fingerprint density at radius 1 is 0.741 bits per heavy atom. The third-order valence-electron chi connectivity index (χ3n) is 3.92. The van der Waals surface area contributed by atoms with Crippen LogP contribution in [0.25, 0.3) is 22.5 Å². The maximum Gasteiger partial charge on any atom is 0.166 e. The van der Waals surface area contributed by atoms with E-state index in [1.165, 1.54) is 5.56 Å². The lowest BCUT2D eigenvalue weighted by Crippen LogP contribution is -1.82. The fraction of sp³-hybridized carbons (Fsp3) is 0.0476. The normalized spacial score (nSPS) is 9.93. The Balaban J connectivity index is 0.00000131. The summed E-state index contributed by atoms with van der Waals surface area (Å²) in [6, 6.07) is 24.7. The van der Waals surface area contributed by atoms with Crippen LogP contribution >= 0.6 is 36.6 Å². The summed E-state index contributed by atoms with van der Waals surface area (Å²) in [6.07, 6.45) is 3.64. The molecule has 0 saturated carbocycles. The number of imidazole rings is 1. The summed E-state index contributed by atoms with van der Waals surface area (Å²) in [4.78, 5) is 12.4. The third kappa shape index (κ3) is 5.13. The second kappa shape index (κ2) is 10.2. The zero-order valence-corrected chi connectivity index (χ0v) is 16.9. The molecule has 0 fully saturated rings. The maximum absolute atomic E-state index is 4.86. The van der Waals surface area contributed by atoms with Crippen molar-refractivity contribution in [1.82, 2.24) is 15.0 Å². The van der Waals surface area contributed by atoms with Gasteiger partial charge < -0.3 is 4.98 Å². The van der Waals surface area contributed by atoms with Crippen molar-refractivity contribution in [2.24, 2.45) is 0 Å². The average Bonchev–Trinajstić information content (AvgIpc) is 3.13. The standard InChI is InChI=1S/C21H17N3S.2ClH/c1-3-7-17(8-4-1)19-20(18-9-5-2-6-10-18)24-21(23-19)25-15-16-11-13-22-14-12-16;;/h1-14H,15H2,(H,23,24);2*1H.